The first-order valence-corrected chi connectivity index (χ1v) is 7.79. The van der Waals surface area contributed by atoms with E-state index in [2.05, 4.69) is 29.0 Å². The van der Waals surface area contributed by atoms with Gasteiger partial charge in [-0.15, -0.1) is 0 Å². The Morgan fingerprint density at radius 1 is 1.33 bits per heavy atom. The zero-order valence-corrected chi connectivity index (χ0v) is 13.7. The van der Waals surface area contributed by atoms with Crippen molar-refractivity contribution in [1.82, 2.24) is 14.9 Å². The first kappa shape index (κ1) is 14.6. The normalized spacial score (nSPS) is 28.0. The van der Waals surface area contributed by atoms with Gasteiger partial charge in [0.1, 0.15) is 0 Å². The highest BCUT2D eigenvalue weighted by atomic mass is 16.1. The van der Waals surface area contributed by atoms with E-state index in [9.17, 15) is 4.79 Å². The predicted octanol–water partition coefficient (Wildman–Crippen LogP) is 1.43. The quantitative estimate of drug-likeness (QED) is 0.850. The fourth-order valence-electron chi connectivity index (χ4n) is 3.90. The zero-order chi connectivity index (χ0) is 15.4. The van der Waals surface area contributed by atoms with Crippen LogP contribution in [0.25, 0.3) is 0 Å². The molecule has 1 N–H and O–H groups in total. The van der Waals surface area contributed by atoms with Crippen LogP contribution >= 0.6 is 0 Å². The molecule has 0 bridgehead atoms. The van der Waals surface area contributed by atoms with Crippen LogP contribution in [0.15, 0.2) is 17.2 Å². The highest BCUT2D eigenvalue weighted by Gasteiger charge is 2.50. The SMILES string of the molecule is CC1(C)C2CNCC2CN1c1nccn(C(C)(C)C)c1=O. The molecule has 2 aliphatic rings. The van der Waals surface area contributed by atoms with E-state index < -0.39 is 0 Å². The molecule has 116 valence electrons. The second-order valence-electron chi connectivity index (χ2n) is 7.89. The van der Waals surface area contributed by atoms with E-state index in [1.165, 1.54) is 0 Å². The van der Waals surface area contributed by atoms with Gasteiger partial charge in [-0.2, -0.15) is 0 Å². The van der Waals surface area contributed by atoms with E-state index in [-0.39, 0.29) is 16.6 Å². The molecule has 0 spiro atoms. The summed E-state index contributed by atoms with van der Waals surface area (Å²) in [5, 5.41) is 3.47. The van der Waals surface area contributed by atoms with Gasteiger partial charge in [-0.05, 0) is 46.5 Å². The standard InChI is InChI=1S/C16H26N4O/c1-15(2,3)19-7-6-18-13(14(19)21)20-10-11-8-17-9-12(11)16(20,4)5/h6-7,11-12,17H,8-10H2,1-5H3. The molecule has 3 heterocycles. The van der Waals surface area contributed by atoms with Crippen molar-refractivity contribution in [3.05, 3.63) is 22.7 Å². The van der Waals surface area contributed by atoms with Gasteiger partial charge in [-0.1, -0.05) is 0 Å². The molecule has 2 atom stereocenters. The van der Waals surface area contributed by atoms with Crippen molar-refractivity contribution in [2.75, 3.05) is 24.5 Å². The van der Waals surface area contributed by atoms with Crippen LogP contribution in [0, 0.1) is 11.8 Å². The Labute approximate surface area is 126 Å². The largest absolute Gasteiger partial charge is 0.346 e. The Hall–Kier alpha value is -1.36. The molecule has 2 aliphatic heterocycles. The van der Waals surface area contributed by atoms with Gasteiger partial charge in [-0.25, -0.2) is 4.98 Å². The highest BCUT2D eigenvalue weighted by Crippen LogP contribution is 2.41. The summed E-state index contributed by atoms with van der Waals surface area (Å²) < 4.78 is 1.79. The molecule has 1 aromatic rings. The van der Waals surface area contributed by atoms with Crippen molar-refractivity contribution in [3.8, 4) is 0 Å². The van der Waals surface area contributed by atoms with Crippen LogP contribution in [0.1, 0.15) is 34.6 Å². The van der Waals surface area contributed by atoms with Crippen molar-refractivity contribution in [2.24, 2.45) is 11.8 Å². The number of fused-ring (bicyclic) bond motifs is 1. The summed E-state index contributed by atoms with van der Waals surface area (Å²) in [6.07, 6.45) is 3.54. The lowest BCUT2D eigenvalue weighted by Crippen LogP contribution is -2.48. The average molecular weight is 290 g/mol. The van der Waals surface area contributed by atoms with Crippen molar-refractivity contribution in [3.63, 3.8) is 0 Å². The molecule has 3 rings (SSSR count). The van der Waals surface area contributed by atoms with E-state index in [4.69, 9.17) is 0 Å². The summed E-state index contributed by atoms with van der Waals surface area (Å²) in [6, 6.07) is 0. The summed E-state index contributed by atoms with van der Waals surface area (Å²) in [7, 11) is 0. The van der Waals surface area contributed by atoms with Crippen LogP contribution in [0.2, 0.25) is 0 Å². The molecular formula is C16H26N4O. The first-order valence-electron chi connectivity index (χ1n) is 7.79. The molecule has 0 amide bonds. The Bertz CT molecular complexity index is 599. The predicted molar refractivity (Wildman–Crippen MR) is 84.8 cm³/mol. The minimum absolute atomic E-state index is 0.0195. The smallest absolute Gasteiger partial charge is 0.294 e. The minimum Gasteiger partial charge on any atom is -0.346 e. The van der Waals surface area contributed by atoms with Gasteiger partial charge in [0.05, 0.1) is 0 Å². The third-order valence-electron chi connectivity index (χ3n) is 5.16. The number of aromatic nitrogens is 2. The topological polar surface area (TPSA) is 50.2 Å². The van der Waals surface area contributed by atoms with E-state index in [0.29, 0.717) is 17.7 Å². The van der Waals surface area contributed by atoms with Crippen LogP contribution in [-0.2, 0) is 5.54 Å². The molecule has 2 saturated heterocycles. The number of rotatable bonds is 1. The molecule has 2 unspecified atom stereocenters. The van der Waals surface area contributed by atoms with Crippen LogP contribution in [-0.4, -0.2) is 34.7 Å². The first-order chi connectivity index (χ1) is 9.73. The van der Waals surface area contributed by atoms with Crippen molar-refractivity contribution in [2.45, 2.75) is 45.7 Å². The molecule has 0 aliphatic carbocycles. The number of nitrogens with one attached hydrogen (secondary N) is 1. The average Bonchev–Trinajstić information content (AvgIpc) is 2.91. The summed E-state index contributed by atoms with van der Waals surface area (Å²) >= 11 is 0. The summed E-state index contributed by atoms with van der Waals surface area (Å²) in [5.41, 5.74) is -0.237. The zero-order valence-electron chi connectivity index (χ0n) is 13.7. The monoisotopic (exact) mass is 290 g/mol. The van der Waals surface area contributed by atoms with Crippen molar-refractivity contribution >= 4 is 5.82 Å². The number of anilines is 1. The maximum Gasteiger partial charge on any atom is 0.294 e. The lowest BCUT2D eigenvalue weighted by Gasteiger charge is -2.36. The fraction of sp³-hybridized carbons (Fsp3) is 0.750. The van der Waals surface area contributed by atoms with Crippen LogP contribution in [0.5, 0.6) is 0 Å². The van der Waals surface area contributed by atoms with Gasteiger partial charge in [0.15, 0.2) is 5.82 Å². The van der Waals surface area contributed by atoms with E-state index in [0.717, 1.165) is 19.6 Å². The molecule has 2 fully saturated rings. The van der Waals surface area contributed by atoms with Crippen molar-refractivity contribution in [1.29, 1.82) is 0 Å². The Kier molecular flexibility index (Phi) is 3.17. The summed E-state index contributed by atoms with van der Waals surface area (Å²) in [5.74, 6) is 1.80. The Morgan fingerprint density at radius 3 is 2.67 bits per heavy atom. The molecular weight excluding hydrogens is 264 g/mol. The fourth-order valence-corrected chi connectivity index (χ4v) is 3.90. The maximum absolute atomic E-state index is 12.9. The number of hydrogen-bond acceptors (Lipinski definition) is 4. The molecule has 0 aromatic carbocycles. The van der Waals surface area contributed by atoms with Gasteiger partial charge < -0.3 is 14.8 Å². The third kappa shape index (κ3) is 2.18. The molecule has 0 radical (unpaired) electrons. The van der Waals surface area contributed by atoms with Crippen LogP contribution in [0.4, 0.5) is 5.82 Å². The lowest BCUT2D eigenvalue weighted by atomic mass is 9.85. The number of nitrogens with zero attached hydrogens (tertiary/aromatic N) is 3. The van der Waals surface area contributed by atoms with Crippen LogP contribution < -0.4 is 15.8 Å². The van der Waals surface area contributed by atoms with Gasteiger partial charge in [0.25, 0.3) is 5.56 Å². The lowest BCUT2D eigenvalue weighted by molar-refractivity contribution is 0.351. The van der Waals surface area contributed by atoms with E-state index in [1.807, 2.05) is 20.8 Å². The summed E-state index contributed by atoms with van der Waals surface area (Å²) in [6.45, 7) is 13.6. The van der Waals surface area contributed by atoms with Gasteiger partial charge in [-0.3, -0.25) is 4.79 Å². The second-order valence-corrected chi connectivity index (χ2v) is 7.89. The van der Waals surface area contributed by atoms with E-state index in [1.54, 1.807) is 17.0 Å². The Morgan fingerprint density at radius 2 is 2.05 bits per heavy atom. The molecule has 5 heteroatoms. The van der Waals surface area contributed by atoms with E-state index >= 15 is 0 Å². The van der Waals surface area contributed by atoms with Gasteiger partial charge >= 0.3 is 0 Å². The second kappa shape index (κ2) is 4.57. The molecule has 1 aromatic heterocycles. The highest BCUT2D eigenvalue weighted by molar-refractivity contribution is 5.43. The van der Waals surface area contributed by atoms with Gasteiger partial charge in [0, 0.05) is 43.1 Å². The summed E-state index contributed by atoms with van der Waals surface area (Å²) in [4.78, 5) is 19.5. The Balaban J connectivity index is 2.04. The molecule has 21 heavy (non-hydrogen) atoms. The third-order valence-corrected chi connectivity index (χ3v) is 5.16. The molecule has 5 nitrogen and oxygen atoms in total. The minimum atomic E-state index is -0.226. The molecule has 0 saturated carbocycles. The maximum atomic E-state index is 12.9. The van der Waals surface area contributed by atoms with Crippen LogP contribution in [0.3, 0.4) is 0 Å². The van der Waals surface area contributed by atoms with Crippen molar-refractivity contribution < 1.29 is 0 Å². The van der Waals surface area contributed by atoms with Gasteiger partial charge in [0.2, 0.25) is 0 Å². The number of hydrogen-bond donors (Lipinski definition) is 1.